The van der Waals surface area contributed by atoms with Gasteiger partial charge in [-0.2, -0.15) is 14.4 Å². The van der Waals surface area contributed by atoms with Gasteiger partial charge < -0.3 is 25.8 Å². The Balaban J connectivity index is 2.10. The molecule has 0 saturated carbocycles. The lowest BCUT2D eigenvalue weighted by atomic mass is 9.99. The molecule has 2 aromatic rings. The highest BCUT2D eigenvalue weighted by Crippen LogP contribution is 2.38. The molecule has 1 unspecified atom stereocenters. The van der Waals surface area contributed by atoms with Crippen molar-refractivity contribution in [3.05, 3.63) is 12.4 Å². The first kappa shape index (κ1) is 14.1. The molecule has 1 aliphatic rings. The second-order valence-electron chi connectivity index (χ2n) is 5.12. The predicted molar refractivity (Wildman–Crippen MR) is 67.3 cm³/mol. The van der Waals surface area contributed by atoms with E-state index in [9.17, 15) is 19.7 Å². The largest absolute Gasteiger partial charge is 0.393 e. The number of nitrogens with two attached hydrogens (primary N) is 1. The number of anilines is 1. The summed E-state index contributed by atoms with van der Waals surface area (Å²) in [4.78, 5) is 10.9. The van der Waals surface area contributed by atoms with Crippen LogP contribution in [-0.2, 0) is 4.74 Å². The Morgan fingerprint density at radius 2 is 2.19 bits per heavy atom. The Labute approximate surface area is 117 Å². The molecule has 114 valence electrons. The number of rotatable bonds is 2. The van der Waals surface area contributed by atoms with Crippen LogP contribution in [0, 0.1) is 6.08 Å². The van der Waals surface area contributed by atoms with Crippen LogP contribution < -0.4 is 5.73 Å². The number of hydrogen-bond donors (Lipinski definition) is 4. The highest BCUT2D eigenvalue weighted by atomic mass is 19.1. The molecular weight excluding hydrogens is 285 g/mol. The SMILES string of the molecule is C[C@]1(CO)OC(n2cnc3c(N)nc(F)nc32)[C@H](O)[C@@H]1O. The fourth-order valence-electron chi connectivity index (χ4n) is 2.38. The zero-order valence-electron chi connectivity index (χ0n) is 11.0. The van der Waals surface area contributed by atoms with Gasteiger partial charge in [0.15, 0.2) is 23.2 Å². The molecule has 21 heavy (non-hydrogen) atoms. The van der Waals surface area contributed by atoms with Gasteiger partial charge in [0.25, 0.3) is 0 Å². The number of nitrogen functional groups attached to an aromatic ring is 1. The number of imidazole rings is 1. The van der Waals surface area contributed by atoms with Crippen LogP contribution >= 0.6 is 0 Å². The van der Waals surface area contributed by atoms with Gasteiger partial charge in [-0.25, -0.2) is 4.98 Å². The van der Waals surface area contributed by atoms with Crippen LogP contribution in [0.2, 0.25) is 0 Å². The monoisotopic (exact) mass is 299 g/mol. The first-order chi connectivity index (χ1) is 9.87. The maximum absolute atomic E-state index is 13.3. The van der Waals surface area contributed by atoms with Crippen LogP contribution in [0.5, 0.6) is 0 Å². The standard InChI is InChI=1S/C11H14FN5O4/c1-11(2-18)6(20)5(19)9(21-11)17-3-14-4-7(13)15-10(12)16-8(4)17/h3,5-6,9,18-20H,2H2,1H3,(H2,13,15,16)/t5-,6+,9?,11-/m1/s1. The van der Waals surface area contributed by atoms with E-state index in [0.29, 0.717) is 0 Å². The van der Waals surface area contributed by atoms with Crippen molar-refractivity contribution < 1.29 is 24.4 Å². The highest BCUT2D eigenvalue weighted by molar-refractivity contribution is 5.81. The summed E-state index contributed by atoms with van der Waals surface area (Å²) in [6.07, 6.45) is -3.55. The van der Waals surface area contributed by atoms with Gasteiger partial charge in [0.05, 0.1) is 12.9 Å². The van der Waals surface area contributed by atoms with Crippen LogP contribution in [0.4, 0.5) is 10.2 Å². The number of ether oxygens (including phenoxy) is 1. The number of fused-ring (bicyclic) bond motifs is 1. The quantitative estimate of drug-likeness (QED) is 0.494. The highest BCUT2D eigenvalue weighted by Gasteiger charge is 2.52. The second-order valence-corrected chi connectivity index (χ2v) is 5.12. The van der Waals surface area contributed by atoms with Gasteiger partial charge in [0.1, 0.15) is 17.8 Å². The average molecular weight is 299 g/mol. The topological polar surface area (TPSA) is 140 Å². The van der Waals surface area contributed by atoms with E-state index < -0.39 is 36.7 Å². The van der Waals surface area contributed by atoms with E-state index in [1.54, 1.807) is 0 Å². The molecule has 1 aliphatic heterocycles. The fraction of sp³-hybridized carbons (Fsp3) is 0.545. The summed E-state index contributed by atoms with van der Waals surface area (Å²) < 4.78 is 20.0. The summed E-state index contributed by atoms with van der Waals surface area (Å²) in [6.45, 7) is 0.948. The van der Waals surface area contributed by atoms with Crippen LogP contribution in [-0.4, -0.2) is 59.3 Å². The van der Waals surface area contributed by atoms with Crippen LogP contribution in [0.15, 0.2) is 6.33 Å². The molecule has 1 fully saturated rings. The maximum atomic E-state index is 13.3. The second kappa shape index (κ2) is 4.56. The van der Waals surface area contributed by atoms with Gasteiger partial charge in [-0.05, 0) is 6.92 Å². The molecule has 10 heteroatoms. The number of aliphatic hydroxyl groups excluding tert-OH is 3. The minimum Gasteiger partial charge on any atom is -0.393 e. The summed E-state index contributed by atoms with van der Waals surface area (Å²) in [5, 5.41) is 29.4. The summed E-state index contributed by atoms with van der Waals surface area (Å²) in [5.74, 6) is -0.144. The number of aliphatic hydroxyl groups is 3. The third-order valence-corrected chi connectivity index (χ3v) is 3.64. The van der Waals surface area contributed by atoms with E-state index in [0.717, 1.165) is 0 Å². The molecule has 0 amide bonds. The van der Waals surface area contributed by atoms with Crippen molar-refractivity contribution in [1.82, 2.24) is 19.5 Å². The Bertz CT molecular complexity index is 695. The van der Waals surface area contributed by atoms with Crippen LogP contribution in [0.1, 0.15) is 13.2 Å². The molecule has 3 rings (SSSR count). The van der Waals surface area contributed by atoms with Crippen molar-refractivity contribution in [2.75, 3.05) is 12.3 Å². The van der Waals surface area contributed by atoms with Crippen molar-refractivity contribution in [2.24, 2.45) is 0 Å². The Morgan fingerprint density at radius 1 is 1.48 bits per heavy atom. The summed E-state index contributed by atoms with van der Waals surface area (Å²) >= 11 is 0. The average Bonchev–Trinajstić information content (AvgIpc) is 2.95. The molecule has 9 nitrogen and oxygen atoms in total. The molecule has 4 atom stereocenters. The third-order valence-electron chi connectivity index (χ3n) is 3.64. The summed E-state index contributed by atoms with van der Waals surface area (Å²) in [7, 11) is 0. The van der Waals surface area contributed by atoms with Crippen molar-refractivity contribution in [3.8, 4) is 0 Å². The first-order valence-electron chi connectivity index (χ1n) is 6.18. The van der Waals surface area contributed by atoms with Gasteiger partial charge in [0, 0.05) is 0 Å². The van der Waals surface area contributed by atoms with Crippen LogP contribution in [0.3, 0.4) is 0 Å². The molecule has 3 heterocycles. The van der Waals surface area contributed by atoms with Crippen molar-refractivity contribution in [1.29, 1.82) is 0 Å². The Hall–Kier alpha value is -1.88. The van der Waals surface area contributed by atoms with E-state index >= 15 is 0 Å². The van der Waals surface area contributed by atoms with Gasteiger partial charge in [0.2, 0.25) is 0 Å². The van der Waals surface area contributed by atoms with Gasteiger partial charge >= 0.3 is 6.08 Å². The first-order valence-corrected chi connectivity index (χ1v) is 6.18. The van der Waals surface area contributed by atoms with Gasteiger partial charge in [-0.3, -0.25) is 4.57 Å². The van der Waals surface area contributed by atoms with E-state index in [2.05, 4.69) is 15.0 Å². The van der Waals surface area contributed by atoms with E-state index in [-0.39, 0.29) is 17.0 Å². The van der Waals surface area contributed by atoms with Gasteiger partial charge in [-0.15, -0.1) is 0 Å². The minimum absolute atomic E-state index is 0.0263. The number of halogens is 1. The lowest BCUT2D eigenvalue weighted by molar-refractivity contribution is -0.115. The van der Waals surface area contributed by atoms with Crippen molar-refractivity contribution in [3.63, 3.8) is 0 Å². The number of aromatic nitrogens is 4. The van der Waals surface area contributed by atoms with E-state index in [1.165, 1.54) is 17.8 Å². The molecule has 0 radical (unpaired) electrons. The maximum Gasteiger partial charge on any atom is 0.312 e. The lowest BCUT2D eigenvalue weighted by Crippen LogP contribution is -2.43. The number of hydrogen-bond acceptors (Lipinski definition) is 8. The van der Waals surface area contributed by atoms with Crippen molar-refractivity contribution >= 4 is 17.0 Å². The van der Waals surface area contributed by atoms with Gasteiger partial charge in [-0.1, -0.05) is 0 Å². The fourth-order valence-corrected chi connectivity index (χ4v) is 2.38. The Morgan fingerprint density at radius 3 is 2.81 bits per heavy atom. The predicted octanol–water partition coefficient (Wildman–Crippen LogP) is -1.45. The summed E-state index contributed by atoms with van der Waals surface area (Å²) in [6, 6.07) is 0. The normalized spacial score (nSPS) is 32.9. The lowest BCUT2D eigenvalue weighted by Gasteiger charge is -2.24. The zero-order chi connectivity index (χ0) is 15.4. The summed E-state index contributed by atoms with van der Waals surface area (Å²) in [5.41, 5.74) is 4.38. The van der Waals surface area contributed by atoms with Crippen LogP contribution in [0.25, 0.3) is 11.2 Å². The molecule has 1 saturated heterocycles. The molecule has 5 N–H and O–H groups in total. The minimum atomic E-state index is -1.35. The molecule has 0 spiro atoms. The number of nitrogens with zero attached hydrogens (tertiary/aromatic N) is 4. The molecular formula is C11H14FN5O4. The van der Waals surface area contributed by atoms with Crippen molar-refractivity contribution in [2.45, 2.75) is 31.0 Å². The smallest absolute Gasteiger partial charge is 0.312 e. The third kappa shape index (κ3) is 1.95. The molecule has 0 aliphatic carbocycles. The molecule has 2 aromatic heterocycles. The molecule has 0 aromatic carbocycles. The van der Waals surface area contributed by atoms with E-state index in [1.807, 2.05) is 0 Å². The van der Waals surface area contributed by atoms with E-state index in [4.69, 9.17) is 10.5 Å². The Kier molecular flexibility index (Phi) is 3.06. The zero-order valence-corrected chi connectivity index (χ0v) is 11.0. The molecule has 0 bridgehead atoms.